The molecule has 1 unspecified atom stereocenters. The molecule has 0 saturated carbocycles. The minimum Gasteiger partial charge on any atom is -0.385 e. The molecule has 1 aliphatic heterocycles. The van der Waals surface area contributed by atoms with Crippen LogP contribution in [0.4, 0.5) is 0 Å². The molecule has 0 aromatic rings. The lowest BCUT2D eigenvalue weighted by Crippen LogP contribution is -2.45. The van der Waals surface area contributed by atoms with Gasteiger partial charge in [0.1, 0.15) is 0 Å². The number of nitrogens with one attached hydrogen (secondary N) is 2. The zero-order valence-corrected chi connectivity index (χ0v) is 9.97. The van der Waals surface area contributed by atoms with Crippen molar-refractivity contribution in [2.75, 3.05) is 46.6 Å². The van der Waals surface area contributed by atoms with E-state index >= 15 is 0 Å². The summed E-state index contributed by atoms with van der Waals surface area (Å²) in [5.41, 5.74) is 0.274. The Labute approximate surface area is 92.7 Å². The molecule has 1 heterocycles. The molecule has 0 aromatic carbocycles. The second-order valence-corrected chi connectivity index (χ2v) is 4.37. The SMILES string of the molecule is COCCCOCCNC1(C)CCNC1. The lowest BCUT2D eigenvalue weighted by Gasteiger charge is -2.24. The Balaban J connectivity index is 1.88. The fourth-order valence-corrected chi connectivity index (χ4v) is 1.80. The van der Waals surface area contributed by atoms with Crippen LogP contribution in [0.2, 0.25) is 0 Å². The number of hydrogen-bond acceptors (Lipinski definition) is 4. The van der Waals surface area contributed by atoms with Crippen LogP contribution in [0.15, 0.2) is 0 Å². The van der Waals surface area contributed by atoms with E-state index in [2.05, 4.69) is 17.6 Å². The van der Waals surface area contributed by atoms with Gasteiger partial charge in [0.25, 0.3) is 0 Å². The van der Waals surface area contributed by atoms with E-state index in [0.717, 1.165) is 45.9 Å². The number of rotatable bonds is 8. The minimum absolute atomic E-state index is 0.274. The van der Waals surface area contributed by atoms with Gasteiger partial charge < -0.3 is 20.1 Å². The average Bonchev–Trinajstić information content (AvgIpc) is 2.64. The molecule has 4 nitrogen and oxygen atoms in total. The van der Waals surface area contributed by atoms with Crippen molar-refractivity contribution in [3.8, 4) is 0 Å². The quantitative estimate of drug-likeness (QED) is 0.576. The molecule has 4 heteroatoms. The molecule has 0 aliphatic carbocycles. The van der Waals surface area contributed by atoms with E-state index in [4.69, 9.17) is 9.47 Å². The van der Waals surface area contributed by atoms with Gasteiger partial charge in [0.2, 0.25) is 0 Å². The highest BCUT2D eigenvalue weighted by Gasteiger charge is 2.26. The van der Waals surface area contributed by atoms with Gasteiger partial charge in [-0.15, -0.1) is 0 Å². The average molecular weight is 216 g/mol. The Morgan fingerprint density at radius 3 is 2.87 bits per heavy atom. The van der Waals surface area contributed by atoms with Crippen LogP contribution in [-0.4, -0.2) is 52.1 Å². The van der Waals surface area contributed by atoms with Gasteiger partial charge in [-0.2, -0.15) is 0 Å². The van der Waals surface area contributed by atoms with Crippen molar-refractivity contribution < 1.29 is 9.47 Å². The highest BCUT2D eigenvalue weighted by Crippen LogP contribution is 2.12. The standard InChI is InChI=1S/C11H24N2O2/c1-11(4-5-12-10-11)13-6-9-15-8-3-7-14-2/h12-13H,3-10H2,1-2H3. The Morgan fingerprint density at radius 2 is 2.20 bits per heavy atom. The lowest BCUT2D eigenvalue weighted by atomic mass is 10.0. The van der Waals surface area contributed by atoms with Gasteiger partial charge in [0.15, 0.2) is 0 Å². The van der Waals surface area contributed by atoms with Gasteiger partial charge in [-0.1, -0.05) is 0 Å². The maximum atomic E-state index is 5.48. The maximum Gasteiger partial charge on any atom is 0.0591 e. The van der Waals surface area contributed by atoms with Crippen LogP contribution >= 0.6 is 0 Å². The molecule has 0 bridgehead atoms. The summed E-state index contributed by atoms with van der Waals surface area (Å²) >= 11 is 0. The molecule has 90 valence electrons. The molecule has 1 fully saturated rings. The molecule has 0 spiro atoms. The number of methoxy groups -OCH3 is 1. The monoisotopic (exact) mass is 216 g/mol. The molecule has 0 radical (unpaired) electrons. The molecule has 1 rings (SSSR count). The van der Waals surface area contributed by atoms with Gasteiger partial charge in [-0.25, -0.2) is 0 Å². The number of hydrogen-bond donors (Lipinski definition) is 2. The predicted octanol–water partition coefficient (Wildman–Crippen LogP) is 0.381. The molecule has 15 heavy (non-hydrogen) atoms. The molecule has 1 saturated heterocycles. The Kier molecular flexibility index (Phi) is 6.17. The van der Waals surface area contributed by atoms with Crippen LogP contribution < -0.4 is 10.6 Å². The van der Waals surface area contributed by atoms with Crippen LogP contribution in [0.1, 0.15) is 19.8 Å². The third-order valence-electron chi connectivity index (χ3n) is 2.80. The van der Waals surface area contributed by atoms with Crippen molar-refractivity contribution in [3.05, 3.63) is 0 Å². The lowest BCUT2D eigenvalue weighted by molar-refractivity contribution is 0.101. The highest BCUT2D eigenvalue weighted by atomic mass is 16.5. The summed E-state index contributed by atoms with van der Waals surface area (Å²) in [6.45, 7) is 7.76. The van der Waals surface area contributed by atoms with Crippen LogP contribution in [0.25, 0.3) is 0 Å². The van der Waals surface area contributed by atoms with E-state index in [1.165, 1.54) is 6.42 Å². The van der Waals surface area contributed by atoms with E-state index in [0.29, 0.717) is 0 Å². The fraction of sp³-hybridized carbons (Fsp3) is 1.00. The first-order chi connectivity index (χ1) is 7.27. The maximum absolute atomic E-state index is 5.48. The van der Waals surface area contributed by atoms with Crippen molar-refractivity contribution in [2.45, 2.75) is 25.3 Å². The zero-order chi connectivity index (χ0) is 11.0. The van der Waals surface area contributed by atoms with Gasteiger partial charge in [0.05, 0.1) is 6.61 Å². The highest BCUT2D eigenvalue weighted by molar-refractivity contribution is 4.91. The van der Waals surface area contributed by atoms with Crippen molar-refractivity contribution in [3.63, 3.8) is 0 Å². The minimum atomic E-state index is 0.274. The van der Waals surface area contributed by atoms with Gasteiger partial charge in [0, 0.05) is 39.0 Å². The summed E-state index contributed by atoms with van der Waals surface area (Å²) < 4.78 is 10.4. The summed E-state index contributed by atoms with van der Waals surface area (Å²) in [6.07, 6.45) is 2.19. The Bertz CT molecular complexity index is 159. The Hall–Kier alpha value is -0.160. The first-order valence-electron chi connectivity index (χ1n) is 5.79. The van der Waals surface area contributed by atoms with Crippen molar-refractivity contribution in [1.29, 1.82) is 0 Å². The largest absolute Gasteiger partial charge is 0.385 e. The van der Waals surface area contributed by atoms with Gasteiger partial charge >= 0.3 is 0 Å². The van der Waals surface area contributed by atoms with E-state index < -0.39 is 0 Å². The summed E-state index contributed by atoms with van der Waals surface area (Å²) in [6, 6.07) is 0. The predicted molar refractivity (Wildman–Crippen MR) is 61.2 cm³/mol. The summed E-state index contributed by atoms with van der Waals surface area (Å²) in [4.78, 5) is 0. The fourth-order valence-electron chi connectivity index (χ4n) is 1.80. The van der Waals surface area contributed by atoms with Crippen molar-refractivity contribution >= 4 is 0 Å². The second-order valence-electron chi connectivity index (χ2n) is 4.37. The first kappa shape index (κ1) is 12.9. The van der Waals surface area contributed by atoms with Crippen LogP contribution in [0.3, 0.4) is 0 Å². The van der Waals surface area contributed by atoms with Gasteiger partial charge in [-0.3, -0.25) is 0 Å². The zero-order valence-electron chi connectivity index (χ0n) is 9.97. The summed E-state index contributed by atoms with van der Waals surface area (Å²) in [5.74, 6) is 0. The second kappa shape index (κ2) is 7.17. The van der Waals surface area contributed by atoms with E-state index in [1.807, 2.05) is 0 Å². The molecule has 1 atom stereocenters. The topological polar surface area (TPSA) is 42.5 Å². The van der Waals surface area contributed by atoms with Crippen LogP contribution in [0, 0.1) is 0 Å². The molecule has 0 aromatic heterocycles. The summed E-state index contributed by atoms with van der Waals surface area (Å²) in [7, 11) is 1.72. The smallest absolute Gasteiger partial charge is 0.0591 e. The van der Waals surface area contributed by atoms with E-state index in [1.54, 1.807) is 7.11 Å². The molecule has 0 amide bonds. The van der Waals surface area contributed by atoms with Crippen LogP contribution in [-0.2, 0) is 9.47 Å². The summed E-state index contributed by atoms with van der Waals surface area (Å²) in [5, 5.41) is 6.89. The van der Waals surface area contributed by atoms with E-state index in [-0.39, 0.29) is 5.54 Å². The normalized spacial score (nSPS) is 26.0. The third-order valence-corrected chi connectivity index (χ3v) is 2.80. The third kappa shape index (κ3) is 5.47. The first-order valence-corrected chi connectivity index (χ1v) is 5.79. The van der Waals surface area contributed by atoms with Crippen molar-refractivity contribution in [1.82, 2.24) is 10.6 Å². The Morgan fingerprint density at radius 1 is 1.33 bits per heavy atom. The van der Waals surface area contributed by atoms with Crippen molar-refractivity contribution in [2.24, 2.45) is 0 Å². The number of ether oxygens (including phenoxy) is 2. The molecular weight excluding hydrogens is 192 g/mol. The van der Waals surface area contributed by atoms with Crippen LogP contribution in [0.5, 0.6) is 0 Å². The van der Waals surface area contributed by atoms with E-state index in [9.17, 15) is 0 Å². The molecular formula is C11H24N2O2. The molecule has 1 aliphatic rings. The van der Waals surface area contributed by atoms with Gasteiger partial charge in [-0.05, 0) is 26.3 Å². The molecule has 2 N–H and O–H groups in total.